The lowest BCUT2D eigenvalue weighted by atomic mass is 10.1. The van der Waals surface area contributed by atoms with E-state index in [4.69, 9.17) is 0 Å². The van der Waals surface area contributed by atoms with Crippen LogP contribution in [0.2, 0.25) is 0 Å². The first-order valence-corrected chi connectivity index (χ1v) is 7.64. The topological polar surface area (TPSA) is 49.3 Å². The van der Waals surface area contributed by atoms with E-state index < -0.39 is 10.8 Å². The first-order chi connectivity index (χ1) is 7.20. The lowest BCUT2D eigenvalue weighted by Gasteiger charge is -2.21. The number of aliphatic hydroxyl groups excluding tert-OH is 1. The molecule has 1 saturated carbocycles. The molecule has 0 aromatic heterocycles. The minimum absolute atomic E-state index is 0.181. The summed E-state index contributed by atoms with van der Waals surface area (Å²) in [4.78, 5) is 0. The quantitative estimate of drug-likeness (QED) is 0.551. The van der Waals surface area contributed by atoms with E-state index in [1.54, 1.807) is 6.26 Å². The van der Waals surface area contributed by atoms with Crippen molar-refractivity contribution >= 4 is 10.8 Å². The molecule has 0 spiro atoms. The summed E-state index contributed by atoms with van der Waals surface area (Å²) in [5, 5.41) is 13.2. The molecule has 1 rings (SSSR count). The Kier molecular flexibility index (Phi) is 6.45. The maximum Gasteiger partial charge on any atom is 0.0693 e. The minimum Gasteiger partial charge on any atom is -0.392 e. The van der Waals surface area contributed by atoms with E-state index in [9.17, 15) is 9.32 Å². The SMILES string of the molecule is CS(=O)CCCNC1CCCCCC1O. The van der Waals surface area contributed by atoms with Gasteiger partial charge in [0.1, 0.15) is 0 Å². The molecule has 4 heteroatoms. The van der Waals surface area contributed by atoms with Crippen molar-refractivity contribution < 1.29 is 9.32 Å². The third kappa shape index (κ3) is 5.64. The van der Waals surface area contributed by atoms with Gasteiger partial charge in [-0.15, -0.1) is 0 Å². The molecule has 3 unspecified atom stereocenters. The maximum absolute atomic E-state index is 10.8. The van der Waals surface area contributed by atoms with Gasteiger partial charge in [0.15, 0.2) is 0 Å². The highest BCUT2D eigenvalue weighted by molar-refractivity contribution is 7.84. The molecule has 2 N–H and O–H groups in total. The molecule has 15 heavy (non-hydrogen) atoms. The molecule has 3 atom stereocenters. The molecule has 0 aromatic rings. The zero-order chi connectivity index (χ0) is 11.1. The second-order valence-corrected chi connectivity index (χ2v) is 5.95. The fraction of sp³-hybridized carbons (Fsp3) is 1.00. The van der Waals surface area contributed by atoms with Crippen molar-refractivity contribution in [2.45, 2.75) is 50.7 Å². The van der Waals surface area contributed by atoms with Crippen LogP contribution in [0.5, 0.6) is 0 Å². The number of hydrogen-bond donors (Lipinski definition) is 2. The predicted molar refractivity (Wildman–Crippen MR) is 64.4 cm³/mol. The Morgan fingerprint density at radius 1 is 1.33 bits per heavy atom. The fourth-order valence-electron chi connectivity index (χ4n) is 2.09. The molecule has 1 aliphatic carbocycles. The molecular weight excluding hydrogens is 210 g/mol. The molecule has 0 aromatic carbocycles. The average molecular weight is 233 g/mol. The Morgan fingerprint density at radius 3 is 2.80 bits per heavy atom. The Labute approximate surface area is 95.1 Å². The van der Waals surface area contributed by atoms with Gasteiger partial charge in [-0.3, -0.25) is 4.21 Å². The van der Waals surface area contributed by atoms with Crippen LogP contribution in [0.25, 0.3) is 0 Å². The first kappa shape index (κ1) is 13.1. The maximum atomic E-state index is 10.8. The average Bonchev–Trinajstić information content (AvgIpc) is 2.38. The molecule has 0 aliphatic heterocycles. The van der Waals surface area contributed by atoms with Crippen molar-refractivity contribution in [1.82, 2.24) is 5.32 Å². The number of nitrogens with one attached hydrogen (secondary N) is 1. The number of aliphatic hydroxyl groups is 1. The highest BCUT2D eigenvalue weighted by atomic mass is 32.2. The van der Waals surface area contributed by atoms with Crippen molar-refractivity contribution in [3.63, 3.8) is 0 Å². The summed E-state index contributed by atoms with van der Waals surface area (Å²) in [5.74, 6) is 0.760. The highest BCUT2D eigenvalue weighted by Gasteiger charge is 2.20. The van der Waals surface area contributed by atoms with E-state index in [1.807, 2.05) is 0 Å². The van der Waals surface area contributed by atoms with Crippen LogP contribution in [-0.2, 0) is 10.8 Å². The van der Waals surface area contributed by atoms with Gasteiger partial charge in [-0.2, -0.15) is 0 Å². The third-order valence-corrected chi connectivity index (χ3v) is 3.86. The van der Waals surface area contributed by atoms with Crippen LogP contribution in [0, 0.1) is 0 Å². The van der Waals surface area contributed by atoms with Gasteiger partial charge in [-0.1, -0.05) is 19.3 Å². The molecule has 1 fully saturated rings. The molecule has 0 radical (unpaired) electrons. The number of rotatable bonds is 5. The van der Waals surface area contributed by atoms with Crippen LogP contribution in [0.15, 0.2) is 0 Å². The molecule has 0 saturated heterocycles. The van der Waals surface area contributed by atoms with Crippen molar-refractivity contribution in [2.75, 3.05) is 18.6 Å². The largest absolute Gasteiger partial charge is 0.392 e. The van der Waals surface area contributed by atoms with E-state index in [0.717, 1.165) is 38.0 Å². The summed E-state index contributed by atoms with van der Waals surface area (Å²) in [6.07, 6.45) is 8.11. The van der Waals surface area contributed by atoms with Gasteiger partial charge in [-0.25, -0.2) is 0 Å². The Hall–Kier alpha value is 0.0700. The van der Waals surface area contributed by atoms with E-state index in [2.05, 4.69) is 5.32 Å². The lowest BCUT2D eigenvalue weighted by molar-refractivity contribution is 0.120. The monoisotopic (exact) mass is 233 g/mol. The van der Waals surface area contributed by atoms with E-state index in [0.29, 0.717) is 0 Å². The van der Waals surface area contributed by atoms with Gasteiger partial charge in [0.25, 0.3) is 0 Å². The van der Waals surface area contributed by atoms with Crippen molar-refractivity contribution in [1.29, 1.82) is 0 Å². The Bertz CT molecular complexity index is 199. The Balaban J connectivity index is 2.15. The number of hydrogen-bond acceptors (Lipinski definition) is 3. The van der Waals surface area contributed by atoms with Gasteiger partial charge in [0.05, 0.1) is 6.10 Å². The lowest BCUT2D eigenvalue weighted by Crippen LogP contribution is -2.39. The third-order valence-electron chi connectivity index (χ3n) is 2.99. The summed E-state index contributed by atoms with van der Waals surface area (Å²) in [6, 6.07) is 0.262. The second kappa shape index (κ2) is 7.36. The summed E-state index contributed by atoms with van der Waals surface area (Å²) in [6.45, 7) is 0.876. The molecule has 0 bridgehead atoms. The van der Waals surface area contributed by atoms with Gasteiger partial charge < -0.3 is 10.4 Å². The standard InChI is InChI=1S/C11H23NO2S/c1-15(14)9-5-8-12-10-6-3-2-4-7-11(10)13/h10-13H,2-9H2,1H3. The molecule has 90 valence electrons. The van der Waals surface area contributed by atoms with E-state index in [1.165, 1.54) is 12.8 Å². The van der Waals surface area contributed by atoms with Gasteiger partial charge in [0.2, 0.25) is 0 Å². The van der Waals surface area contributed by atoms with Crippen molar-refractivity contribution in [3.8, 4) is 0 Å². The second-order valence-electron chi connectivity index (χ2n) is 4.40. The summed E-state index contributed by atoms with van der Waals surface area (Å²) in [7, 11) is -0.687. The first-order valence-electron chi connectivity index (χ1n) is 5.91. The van der Waals surface area contributed by atoms with Crippen molar-refractivity contribution in [3.05, 3.63) is 0 Å². The van der Waals surface area contributed by atoms with E-state index in [-0.39, 0.29) is 12.1 Å². The Morgan fingerprint density at radius 2 is 2.07 bits per heavy atom. The summed E-state index contributed by atoms with van der Waals surface area (Å²) < 4.78 is 10.8. The van der Waals surface area contributed by atoms with Crippen LogP contribution >= 0.6 is 0 Å². The normalized spacial score (nSPS) is 29.7. The van der Waals surface area contributed by atoms with Crippen LogP contribution in [0.1, 0.15) is 38.5 Å². The highest BCUT2D eigenvalue weighted by Crippen LogP contribution is 2.17. The van der Waals surface area contributed by atoms with Crippen LogP contribution in [0.4, 0.5) is 0 Å². The smallest absolute Gasteiger partial charge is 0.0693 e. The van der Waals surface area contributed by atoms with Crippen LogP contribution in [0.3, 0.4) is 0 Å². The fourth-order valence-corrected chi connectivity index (χ4v) is 2.64. The van der Waals surface area contributed by atoms with E-state index >= 15 is 0 Å². The predicted octanol–water partition coefficient (Wildman–Crippen LogP) is 1.04. The van der Waals surface area contributed by atoms with Crippen LogP contribution < -0.4 is 5.32 Å². The minimum atomic E-state index is -0.687. The molecular formula is C11H23NO2S. The molecule has 0 amide bonds. The van der Waals surface area contributed by atoms with Crippen LogP contribution in [-0.4, -0.2) is 40.0 Å². The van der Waals surface area contributed by atoms with Gasteiger partial charge >= 0.3 is 0 Å². The van der Waals surface area contributed by atoms with Gasteiger partial charge in [0, 0.05) is 28.9 Å². The molecule has 1 aliphatic rings. The van der Waals surface area contributed by atoms with Gasteiger partial charge in [-0.05, 0) is 25.8 Å². The summed E-state index contributed by atoms with van der Waals surface area (Å²) in [5.41, 5.74) is 0. The summed E-state index contributed by atoms with van der Waals surface area (Å²) >= 11 is 0. The zero-order valence-corrected chi connectivity index (χ0v) is 10.4. The molecule has 3 nitrogen and oxygen atoms in total. The molecule has 0 heterocycles. The van der Waals surface area contributed by atoms with Crippen molar-refractivity contribution in [2.24, 2.45) is 0 Å². The zero-order valence-electron chi connectivity index (χ0n) is 9.58.